The molecular formula is C21H23N3O2S. The average Bonchev–Trinajstić information content (AvgIpc) is 2.66. The number of nitrogens with zero attached hydrogens (tertiary/aromatic N) is 2. The van der Waals surface area contributed by atoms with E-state index in [9.17, 15) is 4.79 Å². The lowest BCUT2D eigenvalue weighted by atomic mass is 10.2. The predicted molar refractivity (Wildman–Crippen MR) is 113 cm³/mol. The van der Waals surface area contributed by atoms with Gasteiger partial charge in [0, 0.05) is 36.9 Å². The summed E-state index contributed by atoms with van der Waals surface area (Å²) in [5, 5.41) is 4.84. The zero-order valence-electron chi connectivity index (χ0n) is 15.9. The first-order chi connectivity index (χ1) is 13.0. The predicted octanol–water partition coefficient (Wildman–Crippen LogP) is 4.35. The highest BCUT2D eigenvalue weighted by atomic mass is 32.2. The topological polar surface area (TPSA) is 54.5 Å². The number of hydrogen-bond acceptors (Lipinski definition) is 5. The van der Waals surface area contributed by atoms with Crippen LogP contribution in [0.25, 0.3) is 10.9 Å². The number of amides is 1. The number of carbonyl (C=O) groups excluding carboxylic acids is 1. The number of hydrogen-bond donors (Lipinski definition) is 1. The van der Waals surface area contributed by atoms with Gasteiger partial charge in [-0.25, -0.2) is 4.98 Å². The lowest BCUT2D eigenvalue weighted by molar-refractivity contribution is -0.113. The summed E-state index contributed by atoms with van der Waals surface area (Å²) >= 11 is 1.44. The van der Waals surface area contributed by atoms with Crippen LogP contribution in [0, 0.1) is 6.92 Å². The van der Waals surface area contributed by atoms with E-state index in [4.69, 9.17) is 9.72 Å². The number of methoxy groups -OCH3 is 1. The molecule has 0 radical (unpaired) electrons. The minimum absolute atomic E-state index is 0.0513. The summed E-state index contributed by atoms with van der Waals surface area (Å²) in [5.41, 5.74) is 3.80. The minimum Gasteiger partial charge on any atom is -0.497 e. The normalized spacial score (nSPS) is 10.7. The molecular weight excluding hydrogens is 358 g/mol. The lowest BCUT2D eigenvalue weighted by Gasteiger charge is -2.13. The van der Waals surface area contributed by atoms with Gasteiger partial charge in [0.05, 0.1) is 18.4 Å². The molecule has 2 aromatic carbocycles. The maximum absolute atomic E-state index is 12.3. The zero-order chi connectivity index (χ0) is 19.4. The third-order valence-corrected chi connectivity index (χ3v) is 5.27. The lowest BCUT2D eigenvalue weighted by Crippen LogP contribution is -2.14. The molecule has 0 aliphatic carbocycles. The van der Waals surface area contributed by atoms with Crippen molar-refractivity contribution in [3.05, 3.63) is 54.1 Å². The Morgan fingerprint density at radius 1 is 1.15 bits per heavy atom. The van der Waals surface area contributed by atoms with Crippen LogP contribution in [0.5, 0.6) is 5.75 Å². The van der Waals surface area contributed by atoms with Crippen molar-refractivity contribution in [2.24, 2.45) is 0 Å². The van der Waals surface area contributed by atoms with Crippen molar-refractivity contribution in [3.63, 3.8) is 0 Å². The summed E-state index contributed by atoms with van der Waals surface area (Å²) in [6, 6.07) is 15.7. The largest absolute Gasteiger partial charge is 0.497 e. The van der Waals surface area contributed by atoms with Crippen LogP contribution in [-0.4, -0.2) is 37.8 Å². The SMILES string of the molecule is COc1ccc2cc(C)c(SCC(=O)Nc3ccc(N(C)C)cc3)nc2c1. The molecule has 27 heavy (non-hydrogen) atoms. The van der Waals surface area contributed by atoms with E-state index in [1.165, 1.54) is 11.8 Å². The number of benzene rings is 2. The van der Waals surface area contributed by atoms with Gasteiger partial charge in [0.25, 0.3) is 0 Å². The van der Waals surface area contributed by atoms with Crippen LogP contribution in [0.15, 0.2) is 53.6 Å². The number of rotatable bonds is 6. The van der Waals surface area contributed by atoms with Gasteiger partial charge in [-0.3, -0.25) is 4.79 Å². The van der Waals surface area contributed by atoms with E-state index in [1.807, 2.05) is 68.4 Å². The Morgan fingerprint density at radius 3 is 2.56 bits per heavy atom. The zero-order valence-corrected chi connectivity index (χ0v) is 16.8. The molecule has 0 atom stereocenters. The van der Waals surface area contributed by atoms with Gasteiger partial charge in [0.1, 0.15) is 10.8 Å². The van der Waals surface area contributed by atoms with Crippen LogP contribution in [0.4, 0.5) is 11.4 Å². The number of anilines is 2. The summed E-state index contributed by atoms with van der Waals surface area (Å²) in [4.78, 5) is 19.0. The fourth-order valence-electron chi connectivity index (χ4n) is 2.68. The molecule has 1 N–H and O–H groups in total. The molecule has 0 aliphatic rings. The molecule has 5 nitrogen and oxygen atoms in total. The number of pyridine rings is 1. The Balaban J connectivity index is 1.66. The van der Waals surface area contributed by atoms with Gasteiger partial charge in [-0.2, -0.15) is 0 Å². The van der Waals surface area contributed by atoms with E-state index in [1.54, 1.807) is 7.11 Å². The van der Waals surface area contributed by atoms with Crippen LogP contribution < -0.4 is 15.0 Å². The molecule has 0 spiro atoms. The first-order valence-corrected chi connectivity index (χ1v) is 9.60. The van der Waals surface area contributed by atoms with Crippen LogP contribution in [0.1, 0.15) is 5.56 Å². The molecule has 0 saturated heterocycles. The Morgan fingerprint density at radius 2 is 1.89 bits per heavy atom. The highest BCUT2D eigenvalue weighted by Gasteiger charge is 2.09. The molecule has 1 heterocycles. The smallest absolute Gasteiger partial charge is 0.234 e. The number of fused-ring (bicyclic) bond motifs is 1. The fraction of sp³-hybridized carbons (Fsp3) is 0.238. The third-order valence-electron chi connectivity index (χ3n) is 4.18. The second kappa shape index (κ2) is 8.31. The van der Waals surface area contributed by atoms with Crippen LogP contribution in [0.2, 0.25) is 0 Å². The van der Waals surface area contributed by atoms with E-state index >= 15 is 0 Å². The molecule has 0 unspecified atom stereocenters. The van der Waals surface area contributed by atoms with Gasteiger partial charge in [-0.05, 0) is 55.0 Å². The second-order valence-electron chi connectivity index (χ2n) is 6.45. The summed E-state index contributed by atoms with van der Waals surface area (Å²) in [5.74, 6) is 1.02. The fourth-order valence-corrected chi connectivity index (χ4v) is 3.47. The summed E-state index contributed by atoms with van der Waals surface area (Å²) in [6.07, 6.45) is 0. The first kappa shape index (κ1) is 19.0. The maximum atomic E-state index is 12.3. The summed E-state index contributed by atoms with van der Waals surface area (Å²) in [6.45, 7) is 2.01. The standard InChI is InChI=1S/C21H23N3O2S/c1-14-11-15-5-10-18(26-4)12-19(15)23-21(14)27-13-20(25)22-16-6-8-17(9-7-16)24(2)3/h5-12H,13H2,1-4H3,(H,22,25). The number of carbonyl (C=O) groups is 1. The van der Waals surface area contributed by atoms with E-state index in [-0.39, 0.29) is 5.91 Å². The highest BCUT2D eigenvalue weighted by molar-refractivity contribution is 8.00. The van der Waals surface area contributed by atoms with E-state index in [0.29, 0.717) is 5.75 Å². The van der Waals surface area contributed by atoms with Gasteiger partial charge >= 0.3 is 0 Å². The van der Waals surface area contributed by atoms with E-state index in [2.05, 4.69) is 11.4 Å². The van der Waals surface area contributed by atoms with Crippen molar-refractivity contribution in [3.8, 4) is 5.75 Å². The van der Waals surface area contributed by atoms with Crippen molar-refractivity contribution < 1.29 is 9.53 Å². The highest BCUT2D eigenvalue weighted by Crippen LogP contribution is 2.27. The van der Waals surface area contributed by atoms with Crippen molar-refractivity contribution in [2.75, 3.05) is 37.2 Å². The summed E-state index contributed by atoms with van der Waals surface area (Å²) < 4.78 is 5.27. The first-order valence-electron chi connectivity index (χ1n) is 8.61. The van der Waals surface area contributed by atoms with Crippen LogP contribution in [-0.2, 0) is 4.79 Å². The Bertz CT molecular complexity index is 956. The van der Waals surface area contributed by atoms with E-state index in [0.717, 1.165) is 38.6 Å². The number of nitrogens with one attached hydrogen (secondary N) is 1. The molecule has 0 saturated carbocycles. The monoisotopic (exact) mass is 381 g/mol. The molecule has 1 amide bonds. The second-order valence-corrected chi connectivity index (χ2v) is 7.41. The van der Waals surface area contributed by atoms with Crippen LogP contribution >= 0.6 is 11.8 Å². The Labute approximate surface area is 163 Å². The number of ether oxygens (including phenoxy) is 1. The van der Waals surface area contributed by atoms with Crippen LogP contribution in [0.3, 0.4) is 0 Å². The van der Waals surface area contributed by atoms with Crippen molar-refractivity contribution >= 4 is 39.9 Å². The van der Waals surface area contributed by atoms with Crippen molar-refractivity contribution in [1.29, 1.82) is 0 Å². The molecule has 3 rings (SSSR count). The summed E-state index contributed by atoms with van der Waals surface area (Å²) in [7, 11) is 5.61. The number of thioether (sulfide) groups is 1. The van der Waals surface area contributed by atoms with Gasteiger partial charge in [-0.15, -0.1) is 0 Å². The third kappa shape index (κ3) is 4.71. The van der Waals surface area contributed by atoms with Gasteiger partial charge in [0.15, 0.2) is 0 Å². The van der Waals surface area contributed by atoms with Gasteiger partial charge in [0.2, 0.25) is 5.91 Å². The average molecular weight is 382 g/mol. The molecule has 0 fully saturated rings. The van der Waals surface area contributed by atoms with Crippen molar-refractivity contribution in [1.82, 2.24) is 4.98 Å². The Kier molecular flexibility index (Phi) is 5.86. The molecule has 140 valence electrons. The van der Waals surface area contributed by atoms with Gasteiger partial charge in [-0.1, -0.05) is 11.8 Å². The molecule has 0 bridgehead atoms. The maximum Gasteiger partial charge on any atom is 0.234 e. The molecule has 6 heteroatoms. The Hall–Kier alpha value is -2.73. The molecule has 3 aromatic rings. The minimum atomic E-state index is -0.0513. The van der Waals surface area contributed by atoms with Crippen molar-refractivity contribution in [2.45, 2.75) is 11.9 Å². The number of aromatic nitrogens is 1. The molecule has 0 aliphatic heterocycles. The quantitative estimate of drug-likeness (QED) is 0.644. The number of aryl methyl sites for hydroxylation is 1. The van der Waals surface area contributed by atoms with E-state index < -0.39 is 0 Å². The molecule has 1 aromatic heterocycles. The van der Waals surface area contributed by atoms with Gasteiger partial charge < -0.3 is 15.0 Å².